The van der Waals surface area contributed by atoms with Crippen LogP contribution in [0.3, 0.4) is 0 Å². The molecule has 0 aromatic rings. The van der Waals surface area contributed by atoms with Gasteiger partial charge in [0.05, 0.1) is 17.0 Å². The van der Waals surface area contributed by atoms with Crippen molar-refractivity contribution < 1.29 is 9.53 Å². The maximum Gasteiger partial charge on any atom is 0.233 e. The van der Waals surface area contributed by atoms with E-state index in [1.54, 1.807) is 0 Å². The van der Waals surface area contributed by atoms with Crippen molar-refractivity contribution >= 4 is 23.1 Å². The van der Waals surface area contributed by atoms with Crippen molar-refractivity contribution in [1.29, 1.82) is 0 Å². The third-order valence-electron chi connectivity index (χ3n) is 3.10. The summed E-state index contributed by atoms with van der Waals surface area (Å²) in [5.74, 6) is 0.477. The molecule has 0 aromatic heterocycles. The van der Waals surface area contributed by atoms with E-state index >= 15 is 0 Å². The molecule has 1 aliphatic carbocycles. The van der Waals surface area contributed by atoms with Gasteiger partial charge in [-0.05, 0) is 18.8 Å². The van der Waals surface area contributed by atoms with Gasteiger partial charge in [0.15, 0.2) is 0 Å². The van der Waals surface area contributed by atoms with Crippen LogP contribution in [0, 0.1) is 11.3 Å². The summed E-state index contributed by atoms with van der Waals surface area (Å²) in [4.78, 5) is 12.3. The summed E-state index contributed by atoms with van der Waals surface area (Å²) in [6, 6.07) is 0. The highest BCUT2D eigenvalue weighted by atomic mass is 32.1. The second-order valence-corrected chi connectivity index (χ2v) is 5.46. The standard InChI is InChI=1S/C12H22N2O2S/c1-9(2)8-16-7-6-14-11(15)12(10(13)17)4-3-5-12/h9H,3-8H2,1-2H3,(H2,13,17)(H,14,15). The lowest BCUT2D eigenvalue weighted by atomic mass is 9.68. The lowest BCUT2D eigenvalue weighted by Gasteiger charge is -2.39. The molecule has 0 heterocycles. The van der Waals surface area contributed by atoms with E-state index in [0.717, 1.165) is 25.9 Å². The summed E-state index contributed by atoms with van der Waals surface area (Å²) < 4.78 is 5.39. The van der Waals surface area contributed by atoms with Crippen LogP contribution < -0.4 is 11.1 Å². The second-order valence-electron chi connectivity index (χ2n) is 5.02. The minimum atomic E-state index is -0.576. The van der Waals surface area contributed by atoms with Crippen LogP contribution in [0.2, 0.25) is 0 Å². The van der Waals surface area contributed by atoms with Gasteiger partial charge in [0.1, 0.15) is 0 Å². The van der Waals surface area contributed by atoms with Crippen LogP contribution in [0.5, 0.6) is 0 Å². The molecule has 1 amide bonds. The van der Waals surface area contributed by atoms with Gasteiger partial charge in [-0.2, -0.15) is 0 Å². The fourth-order valence-electron chi connectivity index (χ4n) is 1.84. The number of amides is 1. The zero-order valence-corrected chi connectivity index (χ0v) is 11.4. The third-order valence-corrected chi connectivity index (χ3v) is 3.49. The number of thiocarbonyl (C=S) groups is 1. The Morgan fingerprint density at radius 2 is 2.18 bits per heavy atom. The van der Waals surface area contributed by atoms with E-state index in [1.807, 2.05) is 0 Å². The first-order valence-electron chi connectivity index (χ1n) is 6.15. The van der Waals surface area contributed by atoms with Crippen LogP contribution in [0.1, 0.15) is 33.1 Å². The Morgan fingerprint density at radius 1 is 1.53 bits per heavy atom. The smallest absolute Gasteiger partial charge is 0.233 e. The molecule has 1 aliphatic rings. The highest BCUT2D eigenvalue weighted by Gasteiger charge is 2.46. The van der Waals surface area contributed by atoms with E-state index in [0.29, 0.717) is 24.1 Å². The quantitative estimate of drug-likeness (QED) is 0.532. The van der Waals surface area contributed by atoms with Crippen molar-refractivity contribution in [2.24, 2.45) is 17.1 Å². The predicted octanol–water partition coefficient (Wildman–Crippen LogP) is 1.23. The van der Waals surface area contributed by atoms with Crippen molar-refractivity contribution in [3.05, 3.63) is 0 Å². The van der Waals surface area contributed by atoms with Gasteiger partial charge in [-0.15, -0.1) is 0 Å². The van der Waals surface area contributed by atoms with Gasteiger partial charge in [0.2, 0.25) is 5.91 Å². The van der Waals surface area contributed by atoms with Crippen LogP contribution in [-0.2, 0) is 9.53 Å². The number of hydrogen-bond donors (Lipinski definition) is 2. The first-order valence-corrected chi connectivity index (χ1v) is 6.56. The van der Waals surface area contributed by atoms with Gasteiger partial charge in [0, 0.05) is 13.2 Å². The number of hydrogen-bond acceptors (Lipinski definition) is 3. The number of ether oxygens (including phenoxy) is 1. The number of carbonyl (C=O) groups is 1. The van der Waals surface area contributed by atoms with E-state index in [9.17, 15) is 4.79 Å². The van der Waals surface area contributed by atoms with Crippen LogP contribution in [0.25, 0.3) is 0 Å². The number of nitrogens with one attached hydrogen (secondary N) is 1. The minimum absolute atomic E-state index is 0.0376. The van der Waals surface area contributed by atoms with Crippen LogP contribution >= 0.6 is 12.2 Å². The lowest BCUT2D eigenvalue weighted by molar-refractivity contribution is -0.131. The van der Waals surface area contributed by atoms with Crippen molar-refractivity contribution in [3.63, 3.8) is 0 Å². The summed E-state index contributed by atoms with van der Waals surface area (Å²) in [6.07, 6.45) is 2.58. The molecule has 1 fully saturated rings. The maximum atomic E-state index is 12.0. The second kappa shape index (κ2) is 6.31. The van der Waals surface area contributed by atoms with Gasteiger partial charge in [0.25, 0.3) is 0 Å². The summed E-state index contributed by atoms with van der Waals surface area (Å²) in [5.41, 5.74) is 5.07. The fraction of sp³-hybridized carbons (Fsp3) is 0.833. The molecule has 0 atom stereocenters. The first-order chi connectivity index (χ1) is 7.99. The van der Waals surface area contributed by atoms with Crippen molar-refractivity contribution in [1.82, 2.24) is 5.32 Å². The van der Waals surface area contributed by atoms with Crippen LogP contribution in [-0.4, -0.2) is 30.7 Å². The van der Waals surface area contributed by atoms with Crippen LogP contribution in [0.4, 0.5) is 0 Å². The average molecular weight is 258 g/mol. The Kier molecular flexibility index (Phi) is 5.33. The Labute approximate surface area is 108 Å². The molecule has 0 saturated heterocycles. The van der Waals surface area contributed by atoms with E-state index in [1.165, 1.54) is 0 Å². The van der Waals surface area contributed by atoms with E-state index < -0.39 is 5.41 Å². The Hall–Kier alpha value is -0.680. The Balaban J connectivity index is 2.23. The minimum Gasteiger partial charge on any atom is -0.392 e. The molecule has 0 bridgehead atoms. The molecule has 0 aliphatic heterocycles. The molecule has 1 rings (SSSR count). The van der Waals surface area contributed by atoms with Gasteiger partial charge in [-0.3, -0.25) is 4.79 Å². The number of rotatable bonds is 7. The Bertz CT molecular complexity index is 288. The largest absolute Gasteiger partial charge is 0.392 e. The molecule has 0 radical (unpaired) electrons. The molecule has 17 heavy (non-hydrogen) atoms. The van der Waals surface area contributed by atoms with E-state index in [2.05, 4.69) is 19.2 Å². The maximum absolute atomic E-state index is 12.0. The van der Waals surface area contributed by atoms with Crippen LogP contribution in [0.15, 0.2) is 0 Å². The molecule has 98 valence electrons. The van der Waals surface area contributed by atoms with Crippen molar-refractivity contribution in [3.8, 4) is 0 Å². The predicted molar refractivity (Wildman–Crippen MR) is 71.7 cm³/mol. The van der Waals surface area contributed by atoms with E-state index in [-0.39, 0.29) is 5.91 Å². The fourth-order valence-corrected chi connectivity index (χ4v) is 2.14. The zero-order valence-electron chi connectivity index (χ0n) is 10.6. The van der Waals surface area contributed by atoms with Crippen molar-refractivity contribution in [2.45, 2.75) is 33.1 Å². The molecular formula is C12H22N2O2S. The summed E-state index contributed by atoms with van der Waals surface area (Å²) >= 11 is 4.98. The molecular weight excluding hydrogens is 236 g/mol. The van der Waals surface area contributed by atoms with Gasteiger partial charge < -0.3 is 15.8 Å². The highest BCUT2D eigenvalue weighted by Crippen LogP contribution is 2.41. The summed E-state index contributed by atoms with van der Waals surface area (Å²) in [7, 11) is 0. The molecule has 5 heteroatoms. The third kappa shape index (κ3) is 3.64. The molecule has 1 saturated carbocycles. The monoisotopic (exact) mass is 258 g/mol. The normalized spacial score (nSPS) is 17.6. The van der Waals surface area contributed by atoms with Crippen molar-refractivity contribution in [2.75, 3.05) is 19.8 Å². The molecule has 3 N–H and O–H groups in total. The summed E-state index contributed by atoms with van der Waals surface area (Å²) in [6.45, 7) is 5.97. The zero-order chi connectivity index (χ0) is 12.9. The average Bonchev–Trinajstić information content (AvgIpc) is 2.14. The Morgan fingerprint density at radius 3 is 2.59 bits per heavy atom. The molecule has 0 spiro atoms. The van der Waals surface area contributed by atoms with Gasteiger partial charge in [-0.1, -0.05) is 32.5 Å². The molecule has 0 aromatic carbocycles. The highest BCUT2D eigenvalue weighted by molar-refractivity contribution is 7.80. The summed E-state index contributed by atoms with van der Waals surface area (Å²) in [5, 5.41) is 2.85. The molecule has 0 unspecified atom stereocenters. The van der Waals surface area contributed by atoms with Gasteiger partial charge in [-0.25, -0.2) is 0 Å². The first kappa shape index (κ1) is 14.4. The number of nitrogens with two attached hydrogens (primary N) is 1. The lowest BCUT2D eigenvalue weighted by Crippen LogP contribution is -2.53. The topological polar surface area (TPSA) is 64.3 Å². The van der Waals surface area contributed by atoms with E-state index in [4.69, 9.17) is 22.7 Å². The molecule has 4 nitrogen and oxygen atoms in total. The number of carbonyl (C=O) groups excluding carboxylic acids is 1. The SMILES string of the molecule is CC(C)COCCNC(=O)C1(C(N)=S)CCC1. The van der Waals surface area contributed by atoms with Gasteiger partial charge >= 0.3 is 0 Å².